The molecule has 0 unspecified atom stereocenters. The van der Waals surface area contributed by atoms with E-state index in [9.17, 15) is 10.1 Å². The number of hydrogen-bond donors (Lipinski definition) is 0. The average Bonchev–Trinajstić information content (AvgIpc) is 2.73. The second kappa shape index (κ2) is 7.11. The van der Waals surface area contributed by atoms with E-state index < -0.39 is 5.56 Å². The van der Waals surface area contributed by atoms with E-state index in [0.29, 0.717) is 5.69 Å². The van der Waals surface area contributed by atoms with Crippen molar-refractivity contribution in [2.45, 2.75) is 0 Å². The smallest absolute Gasteiger partial charge is 0.266 e. The largest absolute Gasteiger partial charge is 0.289 e. The number of aromatic nitrogens is 1. The van der Waals surface area contributed by atoms with E-state index in [4.69, 9.17) is 0 Å². The van der Waals surface area contributed by atoms with Crippen molar-refractivity contribution >= 4 is 17.0 Å². The molecule has 0 aliphatic rings. The van der Waals surface area contributed by atoms with Crippen molar-refractivity contribution < 1.29 is 0 Å². The topological polar surface area (TPSA) is 58.1 Å². The number of nitrogens with zero attached hydrogens (tertiary/aromatic N) is 3. The van der Waals surface area contributed by atoms with E-state index in [0.717, 1.165) is 21.9 Å². The predicted molar refractivity (Wildman–Crippen MR) is 108 cm³/mol. The molecule has 0 saturated carbocycles. The zero-order valence-electron chi connectivity index (χ0n) is 14.4. The van der Waals surface area contributed by atoms with Crippen LogP contribution in [0.25, 0.3) is 22.0 Å². The third-order valence-electron chi connectivity index (χ3n) is 4.35. The lowest BCUT2D eigenvalue weighted by molar-refractivity contribution is 0.838. The van der Waals surface area contributed by atoms with Gasteiger partial charge < -0.3 is 0 Å². The predicted octanol–water partition coefficient (Wildman–Crippen LogP) is 4.42. The molecular formula is C23H15N3O. The summed E-state index contributed by atoms with van der Waals surface area (Å²) >= 11 is 0. The summed E-state index contributed by atoms with van der Waals surface area (Å²) in [5.41, 5.74) is 1.99. The van der Waals surface area contributed by atoms with E-state index in [1.54, 1.807) is 18.3 Å². The fourth-order valence-corrected chi connectivity index (χ4v) is 2.96. The minimum absolute atomic E-state index is 0.0600. The normalized spacial score (nSPS) is 10.9. The molecule has 27 heavy (non-hydrogen) atoms. The van der Waals surface area contributed by atoms with E-state index in [-0.39, 0.29) is 5.56 Å². The molecule has 1 aromatic heterocycles. The molecule has 4 nitrogen and oxygen atoms in total. The Morgan fingerprint density at radius 2 is 1.59 bits per heavy atom. The monoisotopic (exact) mass is 349 g/mol. The molecule has 4 aromatic rings. The molecule has 3 aromatic carbocycles. The van der Waals surface area contributed by atoms with Crippen LogP contribution in [-0.2, 0) is 0 Å². The molecule has 0 saturated heterocycles. The van der Waals surface area contributed by atoms with Crippen molar-refractivity contribution in [1.29, 1.82) is 5.26 Å². The van der Waals surface area contributed by atoms with Crippen LogP contribution in [0.3, 0.4) is 0 Å². The molecule has 0 N–H and O–H groups in total. The summed E-state index contributed by atoms with van der Waals surface area (Å²) in [7, 11) is 0. The number of fused-ring (bicyclic) bond motifs is 1. The minimum atomic E-state index is -0.435. The highest BCUT2D eigenvalue weighted by Crippen LogP contribution is 2.24. The molecule has 1 heterocycles. The molecule has 0 fully saturated rings. The molecule has 0 radical (unpaired) electrons. The van der Waals surface area contributed by atoms with Crippen LogP contribution in [0, 0.1) is 11.3 Å². The van der Waals surface area contributed by atoms with Gasteiger partial charge in [0.2, 0.25) is 0 Å². The van der Waals surface area contributed by atoms with Gasteiger partial charge in [0.1, 0.15) is 11.6 Å². The Bertz CT molecular complexity index is 1250. The van der Waals surface area contributed by atoms with E-state index >= 15 is 0 Å². The van der Waals surface area contributed by atoms with E-state index in [2.05, 4.69) is 5.10 Å². The second-order valence-corrected chi connectivity index (χ2v) is 6.08. The molecule has 0 aliphatic carbocycles. The Morgan fingerprint density at radius 3 is 2.37 bits per heavy atom. The number of rotatable bonds is 3. The van der Waals surface area contributed by atoms with Crippen LogP contribution in [0.2, 0.25) is 0 Å². The van der Waals surface area contributed by atoms with Gasteiger partial charge in [-0.3, -0.25) is 4.79 Å². The summed E-state index contributed by atoms with van der Waals surface area (Å²) < 4.78 is 1.29. The first-order chi connectivity index (χ1) is 13.3. The quantitative estimate of drug-likeness (QED) is 0.514. The molecule has 0 atom stereocenters. The van der Waals surface area contributed by atoms with Crippen molar-refractivity contribution in [2.75, 3.05) is 0 Å². The zero-order valence-corrected chi connectivity index (χ0v) is 14.4. The lowest BCUT2D eigenvalue weighted by atomic mass is 10.0. The SMILES string of the molecule is N#Cc1ccc(-c2ccc3ccccc3c2)n(/N=C/c2ccccc2)c1=O. The zero-order chi connectivity index (χ0) is 18.6. The van der Waals surface area contributed by atoms with Crippen LogP contribution >= 0.6 is 0 Å². The van der Waals surface area contributed by atoms with Gasteiger partial charge >= 0.3 is 0 Å². The van der Waals surface area contributed by atoms with Gasteiger partial charge in [0.25, 0.3) is 5.56 Å². The molecule has 0 aliphatic heterocycles. The van der Waals surface area contributed by atoms with Gasteiger partial charge in [-0.1, -0.05) is 66.7 Å². The molecule has 0 bridgehead atoms. The summed E-state index contributed by atoms with van der Waals surface area (Å²) in [6.07, 6.45) is 1.62. The van der Waals surface area contributed by atoms with Crippen LogP contribution in [0.5, 0.6) is 0 Å². The third kappa shape index (κ3) is 3.26. The van der Waals surface area contributed by atoms with Gasteiger partial charge in [0.05, 0.1) is 11.9 Å². The van der Waals surface area contributed by atoms with Crippen molar-refractivity contribution in [2.24, 2.45) is 5.10 Å². The van der Waals surface area contributed by atoms with Gasteiger partial charge in [-0.25, -0.2) is 0 Å². The first-order valence-electron chi connectivity index (χ1n) is 8.51. The van der Waals surface area contributed by atoms with Crippen LogP contribution in [0.1, 0.15) is 11.1 Å². The van der Waals surface area contributed by atoms with Crippen LogP contribution in [0.4, 0.5) is 0 Å². The first-order valence-corrected chi connectivity index (χ1v) is 8.51. The van der Waals surface area contributed by atoms with Crippen molar-refractivity contribution in [3.8, 4) is 17.3 Å². The molecule has 0 amide bonds. The third-order valence-corrected chi connectivity index (χ3v) is 4.35. The molecule has 4 rings (SSSR count). The summed E-state index contributed by atoms with van der Waals surface area (Å²) in [4.78, 5) is 12.7. The van der Waals surface area contributed by atoms with Crippen LogP contribution in [-0.4, -0.2) is 10.9 Å². The maximum absolute atomic E-state index is 12.7. The van der Waals surface area contributed by atoms with Crippen LogP contribution < -0.4 is 5.56 Å². The van der Waals surface area contributed by atoms with E-state index in [1.807, 2.05) is 78.9 Å². The number of benzene rings is 3. The molecule has 128 valence electrons. The van der Waals surface area contributed by atoms with Gasteiger partial charge in [-0.15, -0.1) is 0 Å². The van der Waals surface area contributed by atoms with Crippen LogP contribution in [0.15, 0.2) is 94.8 Å². The molecular weight excluding hydrogens is 334 g/mol. The summed E-state index contributed by atoms with van der Waals surface area (Å²) in [6.45, 7) is 0. The summed E-state index contributed by atoms with van der Waals surface area (Å²) in [6, 6.07) is 28.8. The number of pyridine rings is 1. The second-order valence-electron chi connectivity index (χ2n) is 6.08. The molecule has 4 heteroatoms. The van der Waals surface area contributed by atoms with Gasteiger partial charge in [-0.2, -0.15) is 15.0 Å². The highest BCUT2D eigenvalue weighted by atomic mass is 16.1. The highest BCUT2D eigenvalue weighted by molar-refractivity contribution is 5.87. The summed E-state index contributed by atoms with van der Waals surface area (Å²) in [5, 5.41) is 15.8. The van der Waals surface area contributed by atoms with Gasteiger partial charge in [0, 0.05) is 5.56 Å². The Balaban J connectivity index is 1.89. The Morgan fingerprint density at radius 1 is 0.852 bits per heavy atom. The van der Waals surface area contributed by atoms with Crippen molar-refractivity contribution in [1.82, 2.24) is 4.68 Å². The molecule has 0 spiro atoms. The van der Waals surface area contributed by atoms with Gasteiger partial charge in [0.15, 0.2) is 0 Å². The first kappa shape index (κ1) is 16.5. The Labute approximate surface area is 156 Å². The minimum Gasteiger partial charge on any atom is -0.266 e. The maximum Gasteiger partial charge on any atom is 0.289 e. The summed E-state index contributed by atoms with van der Waals surface area (Å²) in [5.74, 6) is 0. The van der Waals surface area contributed by atoms with E-state index in [1.165, 1.54) is 4.68 Å². The Kier molecular flexibility index (Phi) is 4.34. The average molecular weight is 349 g/mol. The standard InChI is InChI=1S/C23H15N3O/c24-15-21-12-13-22(20-11-10-18-8-4-5-9-19(18)14-20)26(23(21)27)25-16-17-6-2-1-3-7-17/h1-14,16H/b25-16+. The fourth-order valence-electron chi connectivity index (χ4n) is 2.96. The van der Waals surface area contributed by atoms with Gasteiger partial charge in [-0.05, 0) is 34.5 Å². The Hall–Kier alpha value is -3.97. The van der Waals surface area contributed by atoms with Crippen molar-refractivity contribution in [3.63, 3.8) is 0 Å². The lowest BCUT2D eigenvalue weighted by Crippen LogP contribution is -2.20. The lowest BCUT2D eigenvalue weighted by Gasteiger charge is -2.10. The number of nitriles is 1. The van der Waals surface area contributed by atoms with Crippen molar-refractivity contribution in [3.05, 3.63) is 106 Å². The highest BCUT2D eigenvalue weighted by Gasteiger charge is 2.10. The number of hydrogen-bond acceptors (Lipinski definition) is 3. The maximum atomic E-state index is 12.7. The fraction of sp³-hybridized carbons (Fsp3) is 0.